The Kier molecular flexibility index (Phi) is 4.61. The lowest BCUT2D eigenvalue weighted by atomic mass is 9.85. The van der Waals surface area contributed by atoms with Crippen molar-refractivity contribution < 1.29 is 14.4 Å². The van der Waals surface area contributed by atoms with Crippen molar-refractivity contribution in [2.45, 2.75) is 32.4 Å². The van der Waals surface area contributed by atoms with Crippen molar-refractivity contribution in [3.63, 3.8) is 0 Å². The number of imide groups is 1. The van der Waals surface area contributed by atoms with E-state index in [4.69, 9.17) is 0 Å². The molecule has 2 saturated heterocycles. The molecule has 2 aliphatic carbocycles. The van der Waals surface area contributed by atoms with Crippen LogP contribution in [-0.4, -0.2) is 50.5 Å². The van der Waals surface area contributed by atoms with E-state index in [0.29, 0.717) is 11.7 Å². The van der Waals surface area contributed by atoms with Crippen LogP contribution in [-0.2, 0) is 20.9 Å². The number of nitrogens with zero attached hydrogens (tertiary/aromatic N) is 3. The first-order chi connectivity index (χ1) is 14.4. The Morgan fingerprint density at radius 3 is 2.37 bits per heavy atom. The van der Waals surface area contributed by atoms with Gasteiger partial charge in [-0.25, -0.2) is 0 Å². The lowest BCUT2D eigenvalue weighted by molar-refractivity contribution is -0.146. The van der Waals surface area contributed by atoms with Crippen LogP contribution in [0.4, 0.5) is 0 Å². The molecule has 156 valence electrons. The van der Waals surface area contributed by atoms with Crippen LogP contribution in [0.5, 0.6) is 0 Å². The molecule has 3 amide bonds. The van der Waals surface area contributed by atoms with Crippen molar-refractivity contribution in [1.82, 2.24) is 9.80 Å². The van der Waals surface area contributed by atoms with E-state index in [1.54, 1.807) is 16.7 Å². The molecule has 1 saturated carbocycles. The van der Waals surface area contributed by atoms with Crippen LogP contribution in [0.2, 0.25) is 0 Å². The van der Waals surface area contributed by atoms with Gasteiger partial charge in [0.05, 0.1) is 23.9 Å². The Bertz CT molecular complexity index is 941. The number of benzene rings is 1. The van der Waals surface area contributed by atoms with Gasteiger partial charge < -0.3 is 0 Å². The van der Waals surface area contributed by atoms with Crippen LogP contribution in [0.1, 0.15) is 25.8 Å². The topological polar surface area (TPSA) is 70.1 Å². The molecule has 7 heteroatoms. The molecular formula is C23H25N3O3S. The first kappa shape index (κ1) is 19.5. The highest BCUT2D eigenvalue weighted by atomic mass is 32.2. The predicted molar refractivity (Wildman–Crippen MR) is 115 cm³/mol. The van der Waals surface area contributed by atoms with Gasteiger partial charge in [0, 0.05) is 5.75 Å². The number of likely N-dealkylation sites (tertiary alicyclic amines) is 1. The monoisotopic (exact) mass is 423 g/mol. The minimum Gasteiger partial charge on any atom is -0.283 e. The zero-order chi connectivity index (χ0) is 21.0. The summed E-state index contributed by atoms with van der Waals surface area (Å²) >= 11 is 1.55. The molecule has 6 nitrogen and oxygen atoms in total. The average Bonchev–Trinajstić information content (AvgIpc) is 3.46. The predicted octanol–water partition coefficient (Wildman–Crippen LogP) is 2.70. The van der Waals surface area contributed by atoms with Gasteiger partial charge in [-0.3, -0.25) is 29.2 Å². The lowest BCUT2D eigenvalue weighted by Crippen LogP contribution is -2.51. The summed E-state index contributed by atoms with van der Waals surface area (Å²) in [5.41, 5.74) is 0.655. The summed E-state index contributed by atoms with van der Waals surface area (Å²) in [5.74, 6) is -0.103. The van der Waals surface area contributed by atoms with Crippen LogP contribution < -0.4 is 0 Å². The zero-order valence-electron chi connectivity index (χ0n) is 17.2. The van der Waals surface area contributed by atoms with Crippen LogP contribution >= 0.6 is 11.8 Å². The summed E-state index contributed by atoms with van der Waals surface area (Å²) in [6, 6.07) is 9.90. The number of amides is 3. The maximum atomic E-state index is 13.3. The highest BCUT2D eigenvalue weighted by Gasteiger charge is 2.59. The molecule has 0 N–H and O–H groups in total. The maximum absolute atomic E-state index is 13.3. The molecule has 1 aromatic carbocycles. The SMILES string of the molecule is CC1(C)CSC(=NCc2ccccc2)N1C(=O)CN1C(=O)[C@@H]2[C@H](C1=O)[C@H]1C=C[C@H]2C1. The lowest BCUT2D eigenvalue weighted by Gasteiger charge is -2.31. The molecule has 3 fully saturated rings. The highest BCUT2D eigenvalue weighted by molar-refractivity contribution is 8.14. The van der Waals surface area contributed by atoms with E-state index in [0.717, 1.165) is 17.7 Å². The quantitative estimate of drug-likeness (QED) is 0.552. The Hall–Kier alpha value is -2.41. The molecule has 2 bridgehead atoms. The van der Waals surface area contributed by atoms with Gasteiger partial charge >= 0.3 is 0 Å². The zero-order valence-corrected chi connectivity index (χ0v) is 18.0. The molecule has 4 atom stereocenters. The third-order valence-electron chi connectivity index (χ3n) is 6.70. The van der Waals surface area contributed by atoms with E-state index >= 15 is 0 Å². The molecule has 4 aliphatic rings. The normalized spacial score (nSPS) is 32.5. The standard InChI is InChI=1S/C23H25N3O3S/c1-23(2)13-30-22(24-11-14-6-4-3-5-7-14)26(23)17(27)12-25-20(28)18-15-8-9-16(10-15)19(18)21(25)29/h3-9,15-16,18-19H,10-13H2,1-2H3/t15-,16-,18-,19+/m0/s1. The molecule has 2 heterocycles. The van der Waals surface area contributed by atoms with E-state index < -0.39 is 5.54 Å². The number of thioether (sulfide) groups is 1. The van der Waals surface area contributed by atoms with Crippen molar-refractivity contribution in [2.75, 3.05) is 12.3 Å². The Balaban J connectivity index is 1.34. The van der Waals surface area contributed by atoms with E-state index in [1.807, 2.05) is 44.2 Å². The molecule has 30 heavy (non-hydrogen) atoms. The van der Waals surface area contributed by atoms with Crippen LogP contribution in [0.25, 0.3) is 0 Å². The fraction of sp³-hybridized carbons (Fsp3) is 0.478. The van der Waals surface area contributed by atoms with E-state index in [9.17, 15) is 14.4 Å². The number of fused-ring (bicyclic) bond motifs is 5. The molecule has 5 rings (SSSR count). The number of allylic oxidation sites excluding steroid dienone is 2. The molecule has 2 aliphatic heterocycles. The molecule has 0 radical (unpaired) electrons. The number of aliphatic imine (C=N–C) groups is 1. The summed E-state index contributed by atoms with van der Waals surface area (Å²) < 4.78 is 0. The van der Waals surface area contributed by atoms with Gasteiger partial charge in [-0.05, 0) is 37.7 Å². The molecule has 1 aromatic rings. The van der Waals surface area contributed by atoms with Crippen molar-refractivity contribution in [1.29, 1.82) is 0 Å². The van der Waals surface area contributed by atoms with Gasteiger partial charge in [-0.2, -0.15) is 0 Å². The Morgan fingerprint density at radius 2 is 1.73 bits per heavy atom. The van der Waals surface area contributed by atoms with Gasteiger partial charge in [0.25, 0.3) is 0 Å². The fourth-order valence-corrected chi connectivity index (χ4v) is 6.50. The largest absolute Gasteiger partial charge is 0.283 e. The van der Waals surface area contributed by atoms with Crippen molar-refractivity contribution in [3.8, 4) is 0 Å². The number of hydrogen-bond acceptors (Lipinski definition) is 5. The van der Waals surface area contributed by atoms with Crippen LogP contribution in [0.15, 0.2) is 47.5 Å². The van der Waals surface area contributed by atoms with Gasteiger partial charge in [-0.1, -0.05) is 54.2 Å². The minimum atomic E-state index is -0.417. The molecule has 0 aromatic heterocycles. The van der Waals surface area contributed by atoms with Gasteiger partial charge in [0.1, 0.15) is 6.54 Å². The summed E-state index contributed by atoms with van der Waals surface area (Å²) in [6.45, 7) is 4.28. The molecular weight excluding hydrogens is 398 g/mol. The highest BCUT2D eigenvalue weighted by Crippen LogP contribution is 2.52. The smallest absolute Gasteiger partial charge is 0.249 e. The maximum Gasteiger partial charge on any atom is 0.249 e. The summed E-state index contributed by atoms with van der Waals surface area (Å²) in [7, 11) is 0. The third kappa shape index (κ3) is 3.02. The van der Waals surface area contributed by atoms with Crippen LogP contribution in [0.3, 0.4) is 0 Å². The van der Waals surface area contributed by atoms with Gasteiger partial charge in [0.2, 0.25) is 17.7 Å². The number of rotatable bonds is 4. The van der Waals surface area contributed by atoms with Crippen molar-refractivity contribution in [3.05, 3.63) is 48.0 Å². The number of carbonyl (C=O) groups excluding carboxylic acids is 3. The van der Waals surface area contributed by atoms with Crippen molar-refractivity contribution in [2.24, 2.45) is 28.7 Å². The van der Waals surface area contributed by atoms with E-state index in [2.05, 4.69) is 17.1 Å². The van der Waals surface area contributed by atoms with Gasteiger partial charge in [-0.15, -0.1) is 0 Å². The average molecular weight is 424 g/mol. The second-order valence-electron chi connectivity index (χ2n) is 9.18. The first-order valence-corrected chi connectivity index (χ1v) is 11.4. The summed E-state index contributed by atoms with van der Waals surface area (Å²) in [6.07, 6.45) is 5.02. The van der Waals surface area contributed by atoms with E-state index in [1.165, 1.54) is 4.90 Å². The third-order valence-corrected chi connectivity index (χ3v) is 8.12. The number of carbonyl (C=O) groups is 3. The fourth-order valence-electron chi connectivity index (χ4n) is 5.26. The number of amidine groups is 1. The molecule has 0 unspecified atom stereocenters. The second kappa shape index (κ2) is 7.08. The molecule has 0 spiro atoms. The van der Waals surface area contributed by atoms with E-state index in [-0.39, 0.29) is 47.9 Å². The Labute approximate surface area is 180 Å². The summed E-state index contributed by atoms with van der Waals surface area (Å²) in [4.78, 5) is 46.8. The second-order valence-corrected chi connectivity index (χ2v) is 10.1. The first-order valence-electron chi connectivity index (χ1n) is 10.4. The van der Waals surface area contributed by atoms with Gasteiger partial charge in [0.15, 0.2) is 5.17 Å². The Morgan fingerprint density at radius 1 is 1.10 bits per heavy atom. The van der Waals surface area contributed by atoms with Crippen molar-refractivity contribution >= 4 is 34.7 Å². The summed E-state index contributed by atoms with van der Waals surface area (Å²) in [5, 5.41) is 0.662. The minimum absolute atomic E-state index is 0.151. The number of hydrogen-bond donors (Lipinski definition) is 0. The van der Waals surface area contributed by atoms with Crippen LogP contribution in [0, 0.1) is 23.7 Å².